The van der Waals surface area contributed by atoms with Crippen molar-refractivity contribution in [1.29, 1.82) is 0 Å². The Morgan fingerprint density at radius 1 is 1.24 bits per heavy atom. The molecule has 0 aliphatic heterocycles. The highest BCUT2D eigenvalue weighted by molar-refractivity contribution is 14.1. The minimum absolute atomic E-state index is 0.0810. The molecule has 0 amide bonds. The first-order valence-corrected chi connectivity index (χ1v) is 8.76. The van der Waals surface area contributed by atoms with Crippen molar-refractivity contribution in [2.45, 2.75) is 33.1 Å². The molecule has 0 aliphatic rings. The Bertz CT molecular complexity index is 729. The lowest BCUT2D eigenvalue weighted by Gasteiger charge is -2.04. The van der Waals surface area contributed by atoms with E-state index < -0.39 is 11.6 Å². The van der Waals surface area contributed by atoms with Gasteiger partial charge in [0.25, 0.3) is 0 Å². The molecule has 0 aliphatic carbocycles. The fourth-order valence-electron chi connectivity index (χ4n) is 1.88. The third-order valence-corrected chi connectivity index (χ3v) is 4.29. The number of halogens is 1. The molecule has 0 atom stereocenters. The first-order chi connectivity index (χ1) is 11.8. The standard InChI is InChI=1S/C18H21IO6/c1-12(5-4-6-13(2)18(22)23-3)9-10-24-17(21)11-15-14(19)7-8-16(20)25-15/h6-9H,4-5,10-11H2,1-3H3/b12-9+,13-6+. The third kappa shape index (κ3) is 8.15. The van der Waals surface area contributed by atoms with Crippen molar-refractivity contribution in [2.24, 2.45) is 0 Å². The Morgan fingerprint density at radius 3 is 2.64 bits per heavy atom. The van der Waals surface area contributed by atoms with Gasteiger partial charge in [0, 0.05) is 11.6 Å². The van der Waals surface area contributed by atoms with E-state index in [2.05, 4.69) is 4.74 Å². The van der Waals surface area contributed by atoms with Crippen molar-refractivity contribution in [3.05, 3.63) is 55.2 Å². The average molecular weight is 460 g/mol. The quantitative estimate of drug-likeness (QED) is 0.257. The highest BCUT2D eigenvalue weighted by Gasteiger charge is 2.10. The van der Waals surface area contributed by atoms with Gasteiger partial charge in [0.2, 0.25) is 0 Å². The van der Waals surface area contributed by atoms with Gasteiger partial charge in [-0.3, -0.25) is 4.79 Å². The zero-order valence-corrected chi connectivity index (χ0v) is 16.6. The highest BCUT2D eigenvalue weighted by atomic mass is 127. The van der Waals surface area contributed by atoms with Crippen LogP contribution in [0.1, 0.15) is 32.4 Å². The van der Waals surface area contributed by atoms with Crippen LogP contribution in [0.3, 0.4) is 0 Å². The summed E-state index contributed by atoms with van der Waals surface area (Å²) < 4.78 is 15.4. The van der Waals surface area contributed by atoms with E-state index in [1.807, 2.05) is 41.7 Å². The van der Waals surface area contributed by atoms with Crippen LogP contribution in [0.25, 0.3) is 0 Å². The van der Waals surface area contributed by atoms with E-state index >= 15 is 0 Å². The van der Waals surface area contributed by atoms with Crippen molar-refractivity contribution >= 4 is 34.5 Å². The Morgan fingerprint density at radius 2 is 1.96 bits per heavy atom. The van der Waals surface area contributed by atoms with E-state index in [1.54, 1.807) is 13.0 Å². The molecule has 6 nitrogen and oxygen atoms in total. The summed E-state index contributed by atoms with van der Waals surface area (Å²) in [6.45, 7) is 3.78. The first-order valence-electron chi connectivity index (χ1n) is 7.68. The van der Waals surface area contributed by atoms with Gasteiger partial charge in [0.1, 0.15) is 18.8 Å². The molecule has 136 valence electrons. The molecule has 0 unspecified atom stereocenters. The molecule has 0 fully saturated rings. The Hall–Kier alpha value is -1.90. The summed E-state index contributed by atoms with van der Waals surface area (Å²) in [6.07, 6.45) is 4.99. The SMILES string of the molecule is COC(=O)/C(C)=C/CC/C(C)=C/COC(=O)Cc1oc(=O)ccc1I. The Labute approximate surface area is 160 Å². The van der Waals surface area contributed by atoms with Gasteiger partial charge in [-0.2, -0.15) is 0 Å². The molecule has 0 N–H and O–H groups in total. The third-order valence-electron chi connectivity index (χ3n) is 3.33. The van der Waals surface area contributed by atoms with E-state index in [0.29, 0.717) is 21.3 Å². The molecular weight excluding hydrogens is 439 g/mol. The fraction of sp³-hybridized carbons (Fsp3) is 0.389. The second-order valence-electron chi connectivity index (χ2n) is 5.35. The summed E-state index contributed by atoms with van der Waals surface area (Å²) in [4.78, 5) is 34.2. The maximum absolute atomic E-state index is 11.8. The number of carbonyl (C=O) groups is 2. The number of rotatable bonds is 8. The molecule has 1 rings (SSSR count). The number of hydrogen-bond donors (Lipinski definition) is 0. The number of esters is 2. The number of methoxy groups -OCH3 is 1. The van der Waals surface area contributed by atoms with E-state index in [1.165, 1.54) is 13.2 Å². The molecule has 0 spiro atoms. The van der Waals surface area contributed by atoms with Crippen LogP contribution in [0.5, 0.6) is 0 Å². The van der Waals surface area contributed by atoms with Crippen LogP contribution in [0.2, 0.25) is 0 Å². The molecule has 0 aromatic carbocycles. The normalized spacial score (nSPS) is 12.0. The van der Waals surface area contributed by atoms with Crippen molar-refractivity contribution < 1.29 is 23.5 Å². The highest BCUT2D eigenvalue weighted by Crippen LogP contribution is 2.11. The molecular formula is C18H21IO6. The van der Waals surface area contributed by atoms with E-state index in [0.717, 1.165) is 12.0 Å². The summed E-state index contributed by atoms with van der Waals surface area (Å²) in [5, 5.41) is 0. The summed E-state index contributed by atoms with van der Waals surface area (Å²) in [6, 6.07) is 2.90. The molecule has 0 bridgehead atoms. The maximum Gasteiger partial charge on any atom is 0.335 e. The van der Waals surface area contributed by atoms with Crippen LogP contribution in [-0.4, -0.2) is 25.7 Å². The van der Waals surface area contributed by atoms with E-state index in [-0.39, 0.29) is 19.0 Å². The summed E-state index contributed by atoms with van der Waals surface area (Å²) in [5.74, 6) is -0.488. The summed E-state index contributed by atoms with van der Waals surface area (Å²) >= 11 is 2.00. The van der Waals surface area contributed by atoms with Crippen LogP contribution in [-0.2, 0) is 25.5 Å². The van der Waals surface area contributed by atoms with Gasteiger partial charge >= 0.3 is 17.6 Å². The zero-order valence-electron chi connectivity index (χ0n) is 14.5. The van der Waals surface area contributed by atoms with Crippen LogP contribution in [0, 0.1) is 3.57 Å². The molecule has 1 aromatic heterocycles. The lowest BCUT2D eigenvalue weighted by molar-refractivity contribution is -0.142. The minimum Gasteiger partial charge on any atom is -0.466 e. The molecule has 1 heterocycles. The average Bonchev–Trinajstić information content (AvgIpc) is 2.57. The summed E-state index contributed by atoms with van der Waals surface area (Å²) in [7, 11) is 1.35. The van der Waals surface area contributed by atoms with Gasteiger partial charge in [0.15, 0.2) is 0 Å². The summed E-state index contributed by atoms with van der Waals surface area (Å²) in [5.41, 5.74) is 1.12. The van der Waals surface area contributed by atoms with E-state index in [9.17, 15) is 14.4 Å². The monoisotopic (exact) mass is 460 g/mol. The zero-order chi connectivity index (χ0) is 18.8. The van der Waals surface area contributed by atoms with E-state index in [4.69, 9.17) is 9.15 Å². The lowest BCUT2D eigenvalue weighted by atomic mass is 10.1. The molecule has 0 radical (unpaired) electrons. The van der Waals surface area contributed by atoms with Crippen LogP contribution in [0.4, 0.5) is 0 Å². The van der Waals surface area contributed by atoms with Crippen molar-refractivity contribution in [1.82, 2.24) is 0 Å². The first kappa shape index (κ1) is 21.1. The van der Waals surface area contributed by atoms with Gasteiger partial charge in [0.05, 0.1) is 10.7 Å². The van der Waals surface area contributed by atoms with Crippen molar-refractivity contribution in [2.75, 3.05) is 13.7 Å². The molecule has 1 aromatic rings. The molecule has 0 saturated carbocycles. The number of hydrogen-bond acceptors (Lipinski definition) is 6. The Kier molecular flexibility index (Phi) is 9.18. The van der Waals surface area contributed by atoms with Crippen molar-refractivity contribution in [3.63, 3.8) is 0 Å². The number of ether oxygens (including phenoxy) is 2. The second kappa shape index (κ2) is 10.9. The van der Waals surface area contributed by atoms with Crippen molar-refractivity contribution in [3.8, 4) is 0 Å². The lowest BCUT2D eigenvalue weighted by Crippen LogP contribution is -2.11. The smallest absolute Gasteiger partial charge is 0.335 e. The van der Waals surface area contributed by atoms with Gasteiger partial charge < -0.3 is 13.9 Å². The minimum atomic E-state index is -0.491. The predicted molar refractivity (Wildman–Crippen MR) is 101 cm³/mol. The van der Waals surface area contributed by atoms with Gasteiger partial charge in [-0.15, -0.1) is 0 Å². The van der Waals surface area contributed by atoms with Gasteiger partial charge in [-0.25, -0.2) is 9.59 Å². The second-order valence-corrected chi connectivity index (χ2v) is 6.52. The maximum atomic E-state index is 11.8. The molecule has 0 saturated heterocycles. The van der Waals surface area contributed by atoms with Crippen LogP contribution in [0.15, 0.2) is 44.6 Å². The number of carbonyl (C=O) groups excluding carboxylic acids is 2. The number of allylic oxidation sites excluding steroid dienone is 2. The molecule has 25 heavy (non-hydrogen) atoms. The fourth-order valence-corrected chi connectivity index (χ4v) is 2.36. The topological polar surface area (TPSA) is 82.8 Å². The predicted octanol–water partition coefficient (Wildman–Crippen LogP) is 3.18. The van der Waals surface area contributed by atoms with Crippen LogP contribution < -0.4 is 5.63 Å². The molecule has 7 heteroatoms. The van der Waals surface area contributed by atoms with Gasteiger partial charge in [-0.05, 0) is 61.4 Å². The Balaban J connectivity index is 2.40. The van der Waals surface area contributed by atoms with Gasteiger partial charge in [-0.1, -0.05) is 11.6 Å². The van der Waals surface area contributed by atoms with Crippen LogP contribution >= 0.6 is 22.6 Å². The largest absolute Gasteiger partial charge is 0.466 e.